The van der Waals surface area contributed by atoms with Crippen molar-refractivity contribution in [3.8, 4) is 11.5 Å². The third-order valence-corrected chi connectivity index (χ3v) is 5.41. The van der Waals surface area contributed by atoms with Gasteiger partial charge >= 0.3 is 0 Å². The number of hydrogen-bond donors (Lipinski definition) is 1. The van der Waals surface area contributed by atoms with Crippen LogP contribution < -0.4 is 9.47 Å². The molecule has 0 radical (unpaired) electrons. The van der Waals surface area contributed by atoms with Crippen LogP contribution in [-0.2, 0) is 9.59 Å². The summed E-state index contributed by atoms with van der Waals surface area (Å²) in [5.41, 5.74) is 0.800. The highest BCUT2D eigenvalue weighted by molar-refractivity contribution is 6.46. The number of amides is 1. The number of halogens is 1. The number of ether oxygens (including phenoxy) is 2. The van der Waals surface area contributed by atoms with Crippen LogP contribution >= 0.6 is 0 Å². The van der Waals surface area contributed by atoms with E-state index in [2.05, 4.69) is 0 Å². The van der Waals surface area contributed by atoms with Crippen molar-refractivity contribution in [3.05, 3.63) is 65.0 Å². The fourth-order valence-corrected chi connectivity index (χ4v) is 3.71. The lowest BCUT2D eigenvalue weighted by Crippen LogP contribution is -2.35. The lowest BCUT2D eigenvalue weighted by Gasteiger charge is -2.27. The van der Waals surface area contributed by atoms with Crippen molar-refractivity contribution in [2.75, 3.05) is 40.9 Å². The Bertz CT molecular complexity index is 1050. The summed E-state index contributed by atoms with van der Waals surface area (Å²) in [6.45, 7) is 3.31. The molecule has 176 valence electrons. The van der Waals surface area contributed by atoms with Crippen LogP contribution in [0.2, 0.25) is 0 Å². The molecule has 1 amide bonds. The molecule has 1 heterocycles. The first-order chi connectivity index (χ1) is 15.8. The van der Waals surface area contributed by atoms with E-state index in [0.29, 0.717) is 30.2 Å². The van der Waals surface area contributed by atoms with Crippen molar-refractivity contribution in [2.45, 2.75) is 19.4 Å². The van der Waals surface area contributed by atoms with Crippen molar-refractivity contribution in [2.24, 2.45) is 0 Å². The molecule has 8 heteroatoms. The fourth-order valence-electron chi connectivity index (χ4n) is 3.71. The second-order valence-corrected chi connectivity index (χ2v) is 8.06. The van der Waals surface area contributed by atoms with Gasteiger partial charge in [0.2, 0.25) is 0 Å². The number of aliphatic hydroxyl groups excluding tert-OH is 1. The summed E-state index contributed by atoms with van der Waals surface area (Å²) < 4.78 is 24.6. The van der Waals surface area contributed by atoms with E-state index in [1.165, 1.54) is 36.3 Å². The third kappa shape index (κ3) is 5.17. The fraction of sp³-hybridized carbons (Fsp3) is 0.360. The van der Waals surface area contributed by atoms with Gasteiger partial charge in [-0.3, -0.25) is 9.59 Å². The number of benzene rings is 2. The summed E-state index contributed by atoms with van der Waals surface area (Å²) in [5, 5.41) is 11.0. The van der Waals surface area contributed by atoms with Crippen molar-refractivity contribution in [1.82, 2.24) is 9.80 Å². The van der Waals surface area contributed by atoms with Crippen LogP contribution in [0, 0.1) is 5.82 Å². The largest absolute Gasteiger partial charge is 0.507 e. The Morgan fingerprint density at radius 3 is 2.42 bits per heavy atom. The Morgan fingerprint density at radius 1 is 1.12 bits per heavy atom. The first-order valence-electron chi connectivity index (χ1n) is 10.8. The van der Waals surface area contributed by atoms with Gasteiger partial charge in [-0.25, -0.2) is 4.39 Å². The SMILES string of the molecule is CCCOc1ccc([C@H]2/C(=C(\O)c3ccc(F)cc3)C(=O)C(=O)N2CCN(C)C)cc1OC. The molecule has 2 aromatic rings. The van der Waals surface area contributed by atoms with E-state index in [4.69, 9.17) is 9.47 Å². The molecule has 1 atom stereocenters. The molecule has 1 aliphatic heterocycles. The Morgan fingerprint density at radius 2 is 1.82 bits per heavy atom. The number of rotatable bonds is 9. The number of aliphatic hydroxyl groups is 1. The monoisotopic (exact) mass is 456 g/mol. The van der Waals surface area contributed by atoms with Gasteiger partial charge in [-0.15, -0.1) is 0 Å². The minimum absolute atomic E-state index is 0.0466. The Labute approximate surface area is 193 Å². The van der Waals surface area contributed by atoms with E-state index in [1.54, 1.807) is 18.2 Å². The summed E-state index contributed by atoms with van der Waals surface area (Å²) in [6.07, 6.45) is 0.827. The van der Waals surface area contributed by atoms with Gasteiger partial charge in [0.25, 0.3) is 11.7 Å². The smallest absolute Gasteiger partial charge is 0.295 e. The Hall–Kier alpha value is -3.39. The van der Waals surface area contributed by atoms with E-state index >= 15 is 0 Å². The lowest BCUT2D eigenvalue weighted by atomic mass is 9.95. The zero-order valence-corrected chi connectivity index (χ0v) is 19.3. The van der Waals surface area contributed by atoms with Gasteiger partial charge in [-0.1, -0.05) is 13.0 Å². The molecular weight excluding hydrogens is 427 g/mol. The predicted molar refractivity (Wildman–Crippen MR) is 123 cm³/mol. The van der Waals surface area contributed by atoms with Crippen LogP contribution in [0.25, 0.3) is 5.76 Å². The molecule has 1 aliphatic rings. The molecule has 0 unspecified atom stereocenters. The quantitative estimate of drug-likeness (QED) is 0.353. The highest BCUT2D eigenvalue weighted by atomic mass is 19.1. The van der Waals surface area contributed by atoms with Crippen molar-refractivity contribution in [3.63, 3.8) is 0 Å². The average Bonchev–Trinajstić information content (AvgIpc) is 3.06. The molecule has 1 saturated heterocycles. The van der Waals surface area contributed by atoms with Crippen LogP contribution in [0.5, 0.6) is 11.5 Å². The molecule has 33 heavy (non-hydrogen) atoms. The summed E-state index contributed by atoms with van der Waals surface area (Å²) >= 11 is 0. The van der Waals surface area contributed by atoms with E-state index in [9.17, 15) is 19.1 Å². The van der Waals surface area contributed by atoms with E-state index in [1.807, 2.05) is 25.9 Å². The molecule has 1 N–H and O–H groups in total. The summed E-state index contributed by atoms with van der Waals surface area (Å²) in [4.78, 5) is 29.3. The summed E-state index contributed by atoms with van der Waals surface area (Å²) in [5.74, 6) is -1.30. The van der Waals surface area contributed by atoms with Crippen LogP contribution in [-0.4, -0.2) is 67.5 Å². The van der Waals surface area contributed by atoms with Gasteiger partial charge in [0.1, 0.15) is 11.6 Å². The van der Waals surface area contributed by atoms with Crippen LogP contribution in [0.1, 0.15) is 30.5 Å². The predicted octanol–water partition coefficient (Wildman–Crippen LogP) is 3.61. The number of ketones is 1. The van der Waals surface area contributed by atoms with Gasteiger partial charge in [-0.2, -0.15) is 0 Å². The molecule has 0 aliphatic carbocycles. The van der Waals surface area contributed by atoms with Crippen molar-refractivity contribution >= 4 is 17.4 Å². The van der Waals surface area contributed by atoms with Crippen molar-refractivity contribution in [1.29, 1.82) is 0 Å². The molecule has 1 fully saturated rings. The van der Waals surface area contributed by atoms with E-state index < -0.39 is 23.5 Å². The number of carbonyl (C=O) groups excluding carboxylic acids is 2. The molecule has 7 nitrogen and oxygen atoms in total. The molecule has 0 aromatic heterocycles. The lowest BCUT2D eigenvalue weighted by molar-refractivity contribution is -0.140. The van der Waals surface area contributed by atoms with E-state index in [-0.39, 0.29) is 23.4 Å². The standard InChI is InChI=1S/C25H29FN2O5/c1-5-14-33-19-11-8-17(15-20(19)32-4)22-21(23(29)16-6-9-18(26)10-7-16)24(30)25(31)28(22)13-12-27(2)3/h6-11,15,22,29H,5,12-14H2,1-4H3/b23-21+/t22-/m0/s1. The Balaban J connectivity index is 2.14. The molecule has 0 saturated carbocycles. The average molecular weight is 457 g/mol. The maximum atomic E-state index is 13.4. The number of nitrogens with zero attached hydrogens (tertiary/aromatic N) is 2. The highest BCUT2D eigenvalue weighted by Gasteiger charge is 2.46. The van der Waals surface area contributed by atoms with Crippen LogP contribution in [0.3, 0.4) is 0 Å². The van der Waals surface area contributed by atoms with Crippen molar-refractivity contribution < 1.29 is 28.6 Å². The molecule has 0 spiro atoms. The minimum Gasteiger partial charge on any atom is -0.507 e. The summed E-state index contributed by atoms with van der Waals surface area (Å²) in [6, 6.07) is 9.49. The number of likely N-dealkylation sites (tertiary alicyclic amines) is 1. The third-order valence-electron chi connectivity index (χ3n) is 5.41. The highest BCUT2D eigenvalue weighted by Crippen LogP contribution is 2.41. The number of Topliss-reactive ketones (excluding diaryl/α,β-unsaturated/α-hetero) is 1. The first-order valence-corrected chi connectivity index (χ1v) is 10.8. The van der Waals surface area contributed by atoms with Gasteiger partial charge in [-0.05, 0) is 62.5 Å². The minimum atomic E-state index is -0.830. The van der Waals surface area contributed by atoms with Gasteiger partial charge in [0, 0.05) is 18.7 Å². The van der Waals surface area contributed by atoms with Crippen LogP contribution in [0.15, 0.2) is 48.0 Å². The topological polar surface area (TPSA) is 79.3 Å². The normalized spacial score (nSPS) is 17.6. The zero-order valence-electron chi connectivity index (χ0n) is 19.3. The second kappa shape index (κ2) is 10.5. The Kier molecular flexibility index (Phi) is 7.71. The number of carbonyl (C=O) groups is 2. The number of methoxy groups -OCH3 is 1. The van der Waals surface area contributed by atoms with Gasteiger partial charge < -0.3 is 24.4 Å². The summed E-state index contributed by atoms with van der Waals surface area (Å²) in [7, 11) is 5.25. The zero-order chi connectivity index (χ0) is 24.1. The van der Waals surface area contributed by atoms with Crippen LogP contribution in [0.4, 0.5) is 4.39 Å². The van der Waals surface area contributed by atoms with Gasteiger partial charge in [0.15, 0.2) is 11.5 Å². The maximum absolute atomic E-state index is 13.4. The first kappa shape index (κ1) is 24.3. The van der Waals surface area contributed by atoms with E-state index in [0.717, 1.165) is 6.42 Å². The molecular formula is C25H29FN2O5. The molecule has 3 rings (SSSR count). The maximum Gasteiger partial charge on any atom is 0.295 e. The number of likely N-dealkylation sites (N-methyl/N-ethyl adjacent to an activating group) is 1. The van der Waals surface area contributed by atoms with Gasteiger partial charge in [0.05, 0.1) is 25.3 Å². The molecule has 2 aromatic carbocycles. The second-order valence-electron chi connectivity index (χ2n) is 8.06. The number of hydrogen-bond acceptors (Lipinski definition) is 6. The molecule has 0 bridgehead atoms.